The van der Waals surface area contributed by atoms with Crippen LogP contribution in [0.5, 0.6) is 0 Å². The van der Waals surface area contributed by atoms with Crippen LogP contribution in [0.3, 0.4) is 0 Å². The van der Waals surface area contributed by atoms with E-state index in [0.717, 1.165) is 26.2 Å². The highest BCUT2D eigenvalue weighted by molar-refractivity contribution is 5.91. The topological polar surface area (TPSA) is 116 Å². The second-order valence-corrected chi connectivity index (χ2v) is 4.01. The molecule has 7 nitrogen and oxygen atoms in total. The summed E-state index contributed by atoms with van der Waals surface area (Å²) in [7, 11) is 0. The third-order valence-electron chi connectivity index (χ3n) is 2.39. The summed E-state index contributed by atoms with van der Waals surface area (Å²) in [5.74, 6) is -2.44. The van der Waals surface area contributed by atoms with Gasteiger partial charge in [-0.2, -0.15) is 0 Å². The number of hydrogen-bond donors (Lipinski definition) is 4. The second kappa shape index (κ2) is 8.62. The smallest absolute Gasteiger partial charge is 0.331 e. The molecule has 1 unspecified atom stereocenters. The van der Waals surface area contributed by atoms with Gasteiger partial charge in [0.05, 0.1) is 12.6 Å². The first-order chi connectivity index (χ1) is 8.34. The molecule has 0 saturated carbocycles. The molecule has 18 heavy (non-hydrogen) atoms. The van der Waals surface area contributed by atoms with E-state index in [0.29, 0.717) is 0 Å². The Morgan fingerprint density at radius 2 is 1.89 bits per heavy atom. The molecule has 0 radical (unpaired) electrons. The average molecular weight is 259 g/mol. The molecular weight excluding hydrogens is 238 g/mol. The van der Waals surface area contributed by atoms with Crippen LogP contribution in [-0.4, -0.2) is 59.4 Å². The van der Waals surface area contributed by atoms with E-state index in [2.05, 4.69) is 16.8 Å². The summed E-state index contributed by atoms with van der Waals surface area (Å²) in [5, 5.41) is 19.3. The predicted molar refractivity (Wildman–Crippen MR) is 67.1 cm³/mol. The third kappa shape index (κ3) is 7.77. The zero-order valence-corrected chi connectivity index (χ0v) is 10.6. The van der Waals surface area contributed by atoms with Crippen LogP contribution >= 0.6 is 0 Å². The molecule has 0 aliphatic carbocycles. The van der Waals surface area contributed by atoms with Crippen molar-refractivity contribution in [1.82, 2.24) is 10.2 Å². The van der Waals surface area contributed by atoms with Gasteiger partial charge in [-0.05, 0) is 6.92 Å². The Bertz CT molecular complexity index is 299. The molecule has 1 atom stereocenters. The van der Waals surface area contributed by atoms with Crippen molar-refractivity contribution in [2.75, 3.05) is 26.2 Å². The predicted octanol–water partition coefficient (Wildman–Crippen LogP) is -0.702. The number of hydrogen-bond acceptors (Lipinski definition) is 5. The second-order valence-electron chi connectivity index (χ2n) is 4.01. The quantitative estimate of drug-likeness (QED) is 0.493. The minimum absolute atomic E-state index is 0.229. The lowest BCUT2D eigenvalue weighted by Gasteiger charge is -2.30. The summed E-state index contributed by atoms with van der Waals surface area (Å²) in [6, 6.07) is 0. The van der Waals surface area contributed by atoms with Crippen LogP contribution in [0.25, 0.3) is 0 Å². The molecule has 0 aromatic carbocycles. The number of carboxylic acids is 2. The van der Waals surface area contributed by atoms with Crippen molar-refractivity contribution in [3.8, 4) is 0 Å². The molecule has 1 saturated heterocycles. The molecule has 0 aromatic rings. The van der Waals surface area contributed by atoms with Crippen LogP contribution in [0, 0.1) is 0 Å². The Balaban J connectivity index is 0.000000321. The molecule has 1 rings (SSSR count). The van der Waals surface area contributed by atoms with E-state index in [4.69, 9.17) is 15.9 Å². The zero-order chi connectivity index (χ0) is 14.1. The maximum atomic E-state index is 9.87. The Kier molecular flexibility index (Phi) is 7.93. The van der Waals surface area contributed by atoms with Gasteiger partial charge in [-0.1, -0.05) is 6.58 Å². The molecule has 0 spiro atoms. The van der Waals surface area contributed by atoms with E-state index in [1.165, 1.54) is 0 Å². The molecule has 0 bridgehead atoms. The van der Waals surface area contributed by atoms with Gasteiger partial charge < -0.3 is 21.3 Å². The fourth-order valence-corrected chi connectivity index (χ4v) is 1.35. The Morgan fingerprint density at radius 1 is 1.39 bits per heavy atom. The molecule has 1 aliphatic rings. The van der Waals surface area contributed by atoms with Gasteiger partial charge in [-0.25, -0.2) is 4.79 Å². The van der Waals surface area contributed by atoms with Gasteiger partial charge in [-0.3, -0.25) is 9.69 Å². The average Bonchev–Trinajstić information content (AvgIpc) is 2.30. The van der Waals surface area contributed by atoms with Crippen LogP contribution in [0.4, 0.5) is 0 Å². The van der Waals surface area contributed by atoms with Crippen LogP contribution in [0.1, 0.15) is 13.3 Å². The summed E-state index contributed by atoms with van der Waals surface area (Å²) in [5.41, 5.74) is 5.36. The summed E-state index contributed by atoms with van der Waals surface area (Å²) in [4.78, 5) is 21.9. The first-order valence-corrected chi connectivity index (χ1v) is 5.67. The number of carboxylic acid groups (broad SMARTS) is 2. The van der Waals surface area contributed by atoms with Crippen LogP contribution in [0.15, 0.2) is 12.2 Å². The maximum Gasteiger partial charge on any atom is 0.331 e. The van der Waals surface area contributed by atoms with E-state index in [1.54, 1.807) is 0 Å². The molecule has 5 N–H and O–H groups in total. The lowest BCUT2D eigenvalue weighted by molar-refractivity contribution is -0.139. The van der Waals surface area contributed by atoms with E-state index < -0.39 is 18.4 Å². The molecule has 7 heteroatoms. The lowest BCUT2D eigenvalue weighted by atomic mass is 10.2. The first kappa shape index (κ1) is 16.6. The van der Waals surface area contributed by atoms with E-state index in [-0.39, 0.29) is 11.7 Å². The highest BCUT2D eigenvalue weighted by atomic mass is 16.4. The largest absolute Gasteiger partial charge is 0.481 e. The minimum atomic E-state index is -1.27. The van der Waals surface area contributed by atoms with Crippen molar-refractivity contribution >= 4 is 11.9 Å². The van der Waals surface area contributed by atoms with Gasteiger partial charge in [0.25, 0.3) is 0 Å². The number of piperazine rings is 1. The lowest BCUT2D eigenvalue weighted by Crippen LogP contribution is -2.50. The van der Waals surface area contributed by atoms with Crippen molar-refractivity contribution in [3.05, 3.63) is 12.2 Å². The van der Waals surface area contributed by atoms with Gasteiger partial charge >= 0.3 is 11.9 Å². The maximum absolute atomic E-state index is 9.87. The highest BCUT2D eigenvalue weighted by Crippen LogP contribution is 1.95. The zero-order valence-electron chi connectivity index (χ0n) is 10.6. The fraction of sp³-hybridized carbons (Fsp3) is 0.636. The fourth-order valence-electron chi connectivity index (χ4n) is 1.35. The Hall–Kier alpha value is -1.44. The summed E-state index contributed by atoms with van der Waals surface area (Å²) >= 11 is 0. The highest BCUT2D eigenvalue weighted by Gasteiger charge is 2.11. The van der Waals surface area contributed by atoms with Crippen molar-refractivity contribution in [3.63, 3.8) is 0 Å². The van der Waals surface area contributed by atoms with Crippen molar-refractivity contribution < 1.29 is 19.8 Å². The van der Waals surface area contributed by atoms with Crippen LogP contribution in [-0.2, 0) is 9.59 Å². The number of carbonyl (C=O) groups is 2. The molecule has 104 valence electrons. The number of nitrogens with two attached hydrogens (primary N) is 1. The van der Waals surface area contributed by atoms with Gasteiger partial charge in [0.2, 0.25) is 0 Å². The summed E-state index contributed by atoms with van der Waals surface area (Å²) in [6.07, 6.45) is -0.276. The standard InChI is InChI=1S/C6H15N3.C5H6O4/c1-6(7)9-4-2-8-3-5-9;1-3(5(8)9)2-4(6)7/h6,8H,2-5,7H2,1H3;1-2H2,(H,6,7)(H,8,9). The number of nitrogens with zero attached hydrogens (tertiary/aromatic N) is 1. The minimum Gasteiger partial charge on any atom is -0.481 e. The van der Waals surface area contributed by atoms with E-state index in [9.17, 15) is 9.59 Å². The normalized spacial score (nSPS) is 17.2. The van der Waals surface area contributed by atoms with Gasteiger partial charge in [0.1, 0.15) is 0 Å². The Labute approximate surface area is 106 Å². The monoisotopic (exact) mass is 259 g/mol. The molecule has 0 amide bonds. The molecule has 1 fully saturated rings. The number of rotatable bonds is 4. The molecular formula is C11H21N3O4. The summed E-state index contributed by atoms with van der Waals surface area (Å²) < 4.78 is 0. The van der Waals surface area contributed by atoms with E-state index in [1.807, 2.05) is 6.92 Å². The van der Waals surface area contributed by atoms with Gasteiger partial charge in [0, 0.05) is 31.8 Å². The Morgan fingerprint density at radius 3 is 2.11 bits per heavy atom. The number of aliphatic carboxylic acids is 2. The van der Waals surface area contributed by atoms with Gasteiger partial charge in [0.15, 0.2) is 0 Å². The van der Waals surface area contributed by atoms with Crippen molar-refractivity contribution in [1.29, 1.82) is 0 Å². The van der Waals surface area contributed by atoms with Crippen molar-refractivity contribution in [2.45, 2.75) is 19.5 Å². The molecule has 1 aliphatic heterocycles. The summed E-state index contributed by atoms with van der Waals surface area (Å²) in [6.45, 7) is 9.41. The molecule has 0 aromatic heterocycles. The van der Waals surface area contributed by atoms with Gasteiger partial charge in [-0.15, -0.1) is 0 Å². The number of nitrogens with one attached hydrogen (secondary N) is 1. The van der Waals surface area contributed by atoms with Crippen molar-refractivity contribution in [2.24, 2.45) is 5.73 Å². The van der Waals surface area contributed by atoms with E-state index >= 15 is 0 Å². The van der Waals surface area contributed by atoms with Crippen LogP contribution < -0.4 is 11.1 Å². The SMILES string of the molecule is C=C(CC(=O)O)C(=O)O.CC(N)N1CCNCC1. The molecule has 1 heterocycles. The first-order valence-electron chi connectivity index (χ1n) is 5.67. The van der Waals surface area contributed by atoms with Crippen LogP contribution in [0.2, 0.25) is 0 Å². The third-order valence-corrected chi connectivity index (χ3v) is 2.39.